The van der Waals surface area contributed by atoms with E-state index < -0.39 is 0 Å². The molecule has 0 radical (unpaired) electrons. The molecule has 17 heavy (non-hydrogen) atoms. The van der Waals surface area contributed by atoms with Gasteiger partial charge in [-0.25, -0.2) is 0 Å². The lowest BCUT2D eigenvalue weighted by Gasteiger charge is -2.25. The molecule has 2 unspecified atom stereocenters. The van der Waals surface area contributed by atoms with E-state index in [9.17, 15) is 5.11 Å². The van der Waals surface area contributed by atoms with Crippen LogP contribution in [0.25, 0.3) is 0 Å². The summed E-state index contributed by atoms with van der Waals surface area (Å²) in [6.07, 6.45) is 2.23. The number of rotatable bonds is 7. The molecule has 0 amide bonds. The summed E-state index contributed by atoms with van der Waals surface area (Å²) >= 11 is 0. The van der Waals surface area contributed by atoms with Gasteiger partial charge in [-0.05, 0) is 24.5 Å². The van der Waals surface area contributed by atoms with Crippen LogP contribution in [0.1, 0.15) is 26.7 Å². The predicted molar refractivity (Wildman–Crippen MR) is 71.6 cm³/mol. The SMILES string of the molecule is CCCC(C)C(CO)Nc1ccccc1OC. The van der Waals surface area contributed by atoms with Crippen molar-refractivity contribution in [1.29, 1.82) is 0 Å². The lowest BCUT2D eigenvalue weighted by Crippen LogP contribution is -2.31. The van der Waals surface area contributed by atoms with Crippen molar-refractivity contribution < 1.29 is 9.84 Å². The third-order valence-corrected chi connectivity index (χ3v) is 3.08. The summed E-state index contributed by atoms with van der Waals surface area (Å²) in [5.74, 6) is 1.25. The lowest BCUT2D eigenvalue weighted by molar-refractivity contribution is 0.238. The predicted octanol–water partition coefficient (Wildman–Crippen LogP) is 2.90. The van der Waals surface area contributed by atoms with E-state index in [2.05, 4.69) is 19.2 Å². The Bertz CT molecular complexity index is 328. The van der Waals surface area contributed by atoms with Crippen LogP contribution in [0.5, 0.6) is 5.75 Å². The maximum Gasteiger partial charge on any atom is 0.141 e. The minimum atomic E-state index is 0.0752. The van der Waals surface area contributed by atoms with Crippen molar-refractivity contribution in [2.24, 2.45) is 5.92 Å². The second-order valence-electron chi connectivity index (χ2n) is 4.40. The van der Waals surface area contributed by atoms with Gasteiger partial charge in [-0.1, -0.05) is 32.4 Å². The zero-order valence-electron chi connectivity index (χ0n) is 10.9. The molecule has 3 nitrogen and oxygen atoms in total. The third-order valence-electron chi connectivity index (χ3n) is 3.08. The highest BCUT2D eigenvalue weighted by Gasteiger charge is 2.16. The van der Waals surface area contributed by atoms with E-state index in [1.165, 1.54) is 0 Å². The number of aliphatic hydroxyl groups excluding tert-OH is 1. The Kier molecular flexibility index (Phi) is 5.84. The first-order valence-electron chi connectivity index (χ1n) is 6.23. The van der Waals surface area contributed by atoms with Gasteiger partial charge in [0.1, 0.15) is 5.75 Å². The summed E-state index contributed by atoms with van der Waals surface area (Å²) in [6, 6.07) is 7.87. The Morgan fingerprint density at radius 3 is 2.65 bits per heavy atom. The Labute approximate surface area is 104 Å². The molecule has 2 N–H and O–H groups in total. The summed E-state index contributed by atoms with van der Waals surface area (Å²) in [5.41, 5.74) is 0.942. The first kappa shape index (κ1) is 13.8. The molecular formula is C14H23NO2. The maximum absolute atomic E-state index is 9.44. The molecule has 0 aliphatic carbocycles. The molecule has 2 atom stereocenters. The summed E-state index contributed by atoms with van der Waals surface area (Å²) in [5, 5.41) is 12.8. The minimum absolute atomic E-state index is 0.0752. The molecule has 0 spiro atoms. The number of aliphatic hydroxyl groups is 1. The fourth-order valence-electron chi connectivity index (χ4n) is 1.99. The number of nitrogens with one attached hydrogen (secondary N) is 1. The second-order valence-corrected chi connectivity index (χ2v) is 4.40. The topological polar surface area (TPSA) is 41.5 Å². The summed E-state index contributed by atoms with van der Waals surface area (Å²) in [7, 11) is 1.66. The molecule has 0 saturated heterocycles. The van der Waals surface area contributed by atoms with Crippen LogP contribution in [0, 0.1) is 5.92 Å². The van der Waals surface area contributed by atoms with Crippen LogP contribution in [0.3, 0.4) is 0 Å². The van der Waals surface area contributed by atoms with Gasteiger partial charge in [-0.2, -0.15) is 0 Å². The van der Waals surface area contributed by atoms with Gasteiger partial charge < -0.3 is 15.2 Å². The number of anilines is 1. The van der Waals surface area contributed by atoms with Crippen LogP contribution in [-0.2, 0) is 0 Å². The van der Waals surface area contributed by atoms with E-state index in [0.717, 1.165) is 24.3 Å². The zero-order valence-corrected chi connectivity index (χ0v) is 10.9. The number of benzene rings is 1. The van der Waals surface area contributed by atoms with E-state index in [4.69, 9.17) is 4.74 Å². The summed E-state index contributed by atoms with van der Waals surface area (Å²) < 4.78 is 5.29. The average Bonchev–Trinajstić information content (AvgIpc) is 2.36. The van der Waals surface area contributed by atoms with Crippen molar-refractivity contribution in [3.05, 3.63) is 24.3 Å². The normalized spacial score (nSPS) is 14.1. The van der Waals surface area contributed by atoms with Crippen molar-refractivity contribution in [2.75, 3.05) is 19.0 Å². The Morgan fingerprint density at radius 1 is 1.35 bits per heavy atom. The average molecular weight is 237 g/mol. The molecule has 1 aromatic carbocycles. The van der Waals surface area contributed by atoms with Gasteiger partial charge in [0.05, 0.1) is 25.4 Å². The lowest BCUT2D eigenvalue weighted by atomic mass is 9.97. The molecule has 0 aliphatic rings. The van der Waals surface area contributed by atoms with Gasteiger partial charge in [0.2, 0.25) is 0 Å². The van der Waals surface area contributed by atoms with Crippen LogP contribution in [0.4, 0.5) is 5.69 Å². The number of hydrogen-bond acceptors (Lipinski definition) is 3. The summed E-state index contributed by atoms with van der Waals surface area (Å²) in [6.45, 7) is 4.46. The smallest absolute Gasteiger partial charge is 0.141 e. The van der Waals surface area contributed by atoms with Gasteiger partial charge in [-0.15, -0.1) is 0 Å². The molecule has 0 aromatic heterocycles. The highest BCUT2D eigenvalue weighted by molar-refractivity contribution is 5.56. The van der Waals surface area contributed by atoms with Crippen LogP contribution in [0.15, 0.2) is 24.3 Å². The Balaban J connectivity index is 2.73. The molecule has 0 aliphatic heterocycles. The fourth-order valence-corrected chi connectivity index (χ4v) is 1.99. The molecule has 1 aromatic rings. The third kappa shape index (κ3) is 3.93. The van der Waals surface area contributed by atoms with Gasteiger partial charge in [0, 0.05) is 0 Å². The molecule has 1 rings (SSSR count). The van der Waals surface area contributed by atoms with Gasteiger partial charge in [0.25, 0.3) is 0 Å². The molecule has 0 heterocycles. The standard InChI is InChI=1S/C14H23NO2/c1-4-7-11(2)13(10-16)15-12-8-5-6-9-14(12)17-3/h5-6,8-9,11,13,15-16H,4,7,10H2,1-3H3. The van der Waals surface area contributed by atoms with Crippen molar-refractivity contribution in [3.63, 3.8) is 0 Å². The fraction of sp³-hybridized carbons (Fsp3) is 0.571. The van der Waals surface area contributed by atoms with E-state index in [1.54, 1.807) is 7.11 Å². The highest BCUT2D eigenvalue weighted by Crippen LogP contribution is 2.25. The van der Waals surface area contributed by atoms with Crippen molar-refractivity contribution >= 4 is 5.69 Å². The van der Waals surface area contributed by atoms with E-state index in [1.807, 2.05) is 24.3 Å². The molecule has 0 bridgehead atoms. The molecule has 0 fully saturated rings. The maximum atomic E-state index is 9.44. The minimum Gasteiger partial charge on any atom is -0.495 e. The van der Waals surface area contributed by atoms with Gasteiger partial charge >= 0.3 is 0 Å². The monoisotopic (exact) mass is 237 g/mol. The van der Waals surface area contributed by atoms with Gasteiger partial charge in [0.15, 0.2) is 0 Å². The Morgan fingerprint density at radius 2 is 2.06 bits per heavy atom. The van der Waals surface area contributed by atoms with Crippen LogP contribution >= 0.6 is 0 Å². The largest absolute Gasteiger partial charge is 0.495 e. The summed E-state index contributed by atoms with van der Waals surface area (Å²) in [4.78, 5) is 0. The second kappa shape index (κ2) is 7.17. The van der Waals surface area contributed by atoms with Crippen molar-refractivity contribution in [3.8, 4) is 5.75 Å². The molecule has 96 valence electrons. The molecular weight excluding hydrogens is 214 g/mol. The number of methoxy groups -OCH3 is 1. The number of hydrogen-bond donors (Lipinski definition) is 2. The van der Waals surface area contributed by atoms with Gasteiger partial charge in [-0.3, -0.25) is 0 Å². The first-order chi connectivity index (χ1) is 8.22. The highest BCUT2D eigenvalue weighted by atomic mass is 16.5. The van der Waals surface area contributed by atoms with Crippen molar-refractivity contribution in [2.45, 2.75) is 32.7 Å². The van der Waals surface area contributed by atoms with E-state index >= 15 is 0 Å². The van der Waals surface area contributed by atoms with E-state index in [-0.39, 0.29) is 12.6 Å². The quantitative estimate of drug-likeness (QED) is 0.766. The number of ether oxygens (including phenoxy) is 1. The first-order valence-corrected chi connectivity index (χ1v) is 6.23. The van der Waals surface area contributed by atoms with Crippen LogP contribution in [-0.4, -0.2) is 24.9 Å². The number of para-hydroxylation sites is 2. The van der Waals surface area contributed by atoms with Crippen LogP contribution in [0.2, 0.25) is 0 Å². The molecule has 0 saturated carbocycles. The zero-order chi connectivity index (χ0) is 12.7. The molecule has 3 heteroatoms. The van der Waals surface area contributed by atoms with Crippen molar-refractivity contribution in [1.82, 2.24) is 0 Å². The van der Waals surface area contributed by atoms with Crippen LogP contribution < -0.4 is 10.1 Å². The van der Waals surface area contributed by atoms with E-state index in [0.29, 0.717) is 5.92 Å². The Hall–Kier alpha value is -1.22.